The van der Waals surface area contributed by atoms with Crippen LogP contribution in [0, 0.1) is 5.92 Å². The third-order valence-corrected chi connectivity index (χ3v) is 5.87. The molecule has 4 heterocycles. The van der Waals surface area contributed by atoms with Crippen LogP contribution in [0.2, 0.25) is 0 Å². The summed E-state index contributed by atoms with van der Waals surface area (Å²) in [6.45, 7) is 12.0. The first-order valence-corrected chi connectivity index (χ1v) is 10.0. The summed E-state index contributed by atoms with van der Waals surface area (Å²) in [6, 6.07) is 4.12. The molecule has 2 aliphatic heterocycles. The normalized spacial score (nSPS) is 21.5. The fourth-order valence-electron chi connectivity index (χ4n) is 4.13. The lowest BCUT2D eigenvalue weighted by atomic mass is 9.92. The number of rotatable bonds is 3. The number of fused-ring (bicyclic) bond motifs is 1. The Kier molecular flexibility index (Phi) is 4.97. The molecule has 0 radical (unpaired) electrons. The number of hydrogen-bond donors (Lipinski definition) is 0. The molecule has 2 aromatic heterocycles. The fraction of sp³-hybridized carbons (Fsp3) is 0.750. The van der Waals surface area contributed by atoms with Crippen molar-refractivity contribution in [2.75, 3.05) is 32.8 Å². The molecule has 2 aromatic rings. The minimum Gasteiger partial charge on any atom is -0.381 e. The van der Waals surface area contributed by atoms with Crippen LogP contribution in [0.4, 0.5) is 0 Å². The average Bonchev–Trinajstić information content (AvgIpc) is 3.06. The van der Waals surface area contributed by atoms with Gasteiger partial charge < -0.3 is 9.64 Å². The Bertz CT molecular complexity index is 736. The van der Waals surface area contributed by atoms with Gasteiger partial charge in [-0.25, -0.2) is 0 Å². The Morgan fingerprint density at radius 3 is 2.46 bits per heavy atom. The van der Waals surface area contributed by atoms with Gasteiger partial charge in [-0.1, -0.05) is 20.8 Å². The standard InChI is InChI=1S/C20H31N5O/c1-20(2,3)17-4-5-18-21-22-19(25(18)23-17)16-6-10-24(11-7-16)14-15-8-12-26-13-9-15/h4-5,15-16H,6-14H2,1-3H3. The van der Waals surface area contributed by atoms with E-state index in [9.17, 15) is 0 Å². The van der Waals surface area contributed by atoms with E-state index in [1.807, 2.05) is 10.6 Å². The maximum atomic E-state index is 5.49. The molecule has 2 saturated heterocycles. The first kappa shape index (κ1) is 17.9. The SMILES string of the molecule is CC(C)(C)c1ccc2nnc(C3CCN(CC4CCOCC4)CC3)n2n1. The summed E-state index contributed by atoms with van der Waals surface area (Å²) in [5.74, 6) is 2.31. The molecule has 6 heteroatoms. The summed E-state index contributed by atoms with van der Waals surface area (Å²) in [5, 5.41) is 13.7. The van der Waals surface area contributed by atoms with Gasteiger partial charge in [0.15, 0.2) is 11.5 Å². The molecule has 0 bridgehead atoms. The lowest BCUT2D eigenvalue weighted by Crippen LogP contribution is -2.38. The molecule has 6 nitrogen and oxygen atoms in total. The van der Waals surface area contributed by atoms with E-state index in [2.05, 4.69) is 41.9 Å². The molecule has 142 valence electrons. The molecule has 2 fully saturated rings. The third kappa shape index (κ3) is 3.76. The molecule has 0 saturated carbocycles. The lowest BCUT2D eigenvalue weighted by molar-refractivity contribution is 0.0486. The van der Waals surface area contributed by atoms with Crippen LogP contribution in [0.25, 0.3) is 5.65 Å². The highest BCUT2D eigenvalue weighted by atomic mass is 16.5. The van der Waals surface area contributed by atoms with E-state index >= 15 is 0 Å². The van der Waals surface area contributed by atoms with Gasteiger partial charge in [0.25, 0.3) is 0 Å². The van der Waals surface area contributed by atoms with Gasteiger partial charge >= 0.3 is 0 Å². The Morgan fingerprint density at radius 1 is 1.04 bits per heavy atom. The molecule has 0 spiro atoms. The van der Waals surface area contributed by atoms with Gasteiger partial charge in [-0.15, -0.1) is 10.2 Å². The minimum absolute atomic E-state index is 0.0306. The maximum absolute atomic E-state index is 5.49. The third-order valence-electron chi connectivity index (χ3n) is 5.87. The number of likely N-dealkylation sites (tertiary alicyclic amines) is 1. The smallest absolute Gasteiger partial charge is 0.177 e. The Morgan fingerprint density at radius 2 is 1.77 bits per heavy atom. The topological polar surface area (TPSA) is 55.5 Å². The molecular formula is C20H31N5O. The largest absolute Gasteiger partial charge is 0.381 e. The second-order valence-corrected chi connectivity index (χ2v) is 8.93. The highest BCUT2D eigenvalue weighted by Gasteiger charge is 2.27. The fourth-order valence-corrected chi connectivity index (χ4v) is 4.13. The Balaban J connectivity index is 1.44. The summed E-state index contributed by atoms with van der Waals surface area (Å²) < 4.78 is 7.47. The molecule has 4 rings (SSSR count). The van der Waals surface area contributed by atoms with Crippen LogP contribution >= 0.6 is 0 Å². The zero-order valence-electron chi connectivity index (χ0n) is 16.3. The monoisotopic (exact) mass is 357 g/mol. The van der Waals surface area contributed by atoms with Crippen molar-refractivity contribution in [1.82, 2.24) is 24.7 Å². The van der Waals surface area contributed by atoms with Crippen molar-refractivity contribution >= 4 is 5.65 Å². The molecule has 0 unspecified atom stereocenters. The molecular weight excluding hydrogens is 326 g/mol. The zero-order valence-corrected chi connectivity index (χ0v) is 16.3. The van der Waals surface area contributed by atoms with Crippen LogP contribution in [0.15, 0.2) is 12.1 Å². The van der Waals surface area contributed by atoms with Gasteiger partial charge in [-0.05, 0) is 56.8 Å². The van der Waals surface area contributed by atoms with Crippen molar-refractivity contribution in [3.05, 3.63) is 23.7 Å². The van der Waals surface area contributed by atoms with Crippen molar-refractivity contribution in [3.8, 4) is 0 Å². The predicted molar refractivity (Wildman–Crippen MR) is 101 cm³/mol. The first-order chi connectivity index (χ1) is 12.5. The van der Waals surface area contributed by atoms with Crippen LogP contribution in [0.5, 0.6) is 0 Å². The molecule has 2 aliphatic rings. The van der Waals surface area contributed by atoms with Crippen LogP contribution in [0.3, 0.4) is 0 Å². The highest BCUT2D eigenvalue weighted by Crippen LogP contribution is 2.29. The highest BCUT2D eigenvalue weighted by molar-refractivity contribution is 5.37. The second kappa shape index (κ2) is 7.24. The zero-order chi connectivity index (χ0) is 18.1. The number of piperidine rings is 1. The Hall–Kier alpha value is -1.53. The van der Waals surface area contributed by atoms with Crippen LogP contribution in [0.1, 0.15) is 63.9 Å². The molecule has 0 atom stereocenters. The number of ether oxygens (including phenoxy) is 1. The molecule has 0 aliphatic carbocycles. The van der Waals surface area contributed by atoms with Crippen LogP contribution in [-0.4, -0.2) is 57.6 Å². The minimum atomic E-state index is 0.0306. The predicted octanol–water partition coefficient (Wildman–Crippen LogP) is 3.03. The van der Waals surface area contributed by atoms with E-state index in [0.29, 0.717) is 5.92 Å². The summed E-state index contributed by atoms with van der Waals surface area (Å²) >= 11 is 0. The van der Waals surface area contributed by atoms with Gasteiger partial charge in [0.1, 0.15) is 0 Å². The summed E-state index contributed by atoms with van der Waals surface area (Å²) in [4.78, 5) is 2.63. The van der Waals surface area contributed by atoms with Gasteiger partial charge in [-0.3, -0.25) is 0 Å². The second-order valence-electron chi connectivity index (χ2n) is 8.93. The van der Waals surface area contributed by atoms with E-state index in [0.717, 1.165) is 62.2 Å². The van der Waals surface area contributed by atoms with Crippen molar-refractivity contribution in [2.45, 2.75) is 57.8 Å². The Labute approximate surface area is 155 Å². The molecule has 0 amide bonds. The van der Waals surface area contributed by atoms with Gasteiger partial charge in [-0.2, -0.15) is 9.61 Å². The molecule has 26 heavy (non-hydrogen) atoms. The van der Waals surface area contributed by atoms with Crippen LogP contribution in [-0.2, 0) is 10.2 Å². The van der Waals surface area contributed by atoms with Gasteiger partial charge in [0.05, 0.1) is 5.69 Å². The van der Waals surface area contributed by atoms with Crippen molar-refractivity contribution in [2.24, 2.45) is 5.92 Å². The van der Waals surface area contributed by atoms with Crippen molar-refractivity contribution < 1.29 is 4.74 Å². The molecule has 0 N–H and O–H groups in total. The number of hydrogen-bond acceptors (Lipinski definition) is 5. The quantitative estimate of drug-likeness (QED) is 0.845. The van der Waals surface area contributed by atoms with Gasteiger partial charge in [0.2, 0.25) is 0 Å². The van der Waals surface area contributed by atoms with Crippen molar-refractivity contribution in [3.63, 3.8) is 0 Å². The number of aromatic nitrogens is 4. The van der Waals surface area contributed by atoms with E-state index in [1.165, 1.54) is 19.4 Å². The van der Waals surface area contributed by atoms with E-state index in [-0.39, 0.29) is 5.41 Å². The lowest BCUT2D eigenvalue weighted by Gasteiger charge is -2.34. The maximum Gasteiger partial charge on any atom is 0.177 e. The summed E-state index contributed by atoms with van der Waals surface area (Å²) in [5.41, 5.74) is 1.98. The number of nitrogens with zero attached hydrogens (tertiary/aromatic N) is 5. The summed E-state index contributed by atoms with van der Waals surface area (Å²) in [7, 11) is 0. The summed E-state index contributed by atoms with van der Waals surface area (Å²) in [6.07, 6.45) is 4.72. The van der Waals surface area contributed by atoms with Gasteiger partial charge in [0, 0.05) is 31.1 Å². The molecule has 0 aromatic carbocycles. The van der Waals surface area contributed by atoms with E-state index < -0.39 is 0 Å². The van der Waals surface area contributed by atoms with E-state index in [4.69, 9.17) is 9.84 Å². The first-order valence-electron chi connectivity index (χ1n) is 10.0. The average molecular weight is 358 g/mol. The van der Waals surface area contributed by atoms with Crippen molar-refractivity contribution in [1.29, 1.82) is 0 Å². The van der Waals surface area contributed by atoms with Crippen LogP contribution < -0.4 is 0 Å². The van der Waals surface area contributed by atoms with E-state index in [1.54, 1.807) is 0 Å².